The molecule has 0 spiro atoms. The summed E-state index contributed by atoms with van der Waals surface area (Å²) < 4.78 is 45.3. The molecule has 2 rings (SSSR count). The van der Waals surface area contributed by atoms with E-state index >= 15 is 0 Å². The van der Waals surface area contributed by atoms with Crippen LogP contribution < -0.4 is 20.1 Å². The molecule has 7 nitrogen and oxygen atoms in total. The molecular weight excluding hydrogens is 423 g/mol. The van der Waals surface area contributed by atoms with Gasteiger partial charge in [0.2, 0.25) is 0 Å². The molecule has 1 aromatic carbocycles. The molecule has 0 saturated heterocycles. The highest BCUT2D eigenvalue weighted by Crippen LogP contribution is 2.24. The van der Waals surface area contributed by atoms with Gasteiger partial charge in [-0.2, -0.15) is 0 Å². The van der Waals surface area contributed by atoms with E-state index in [9.17, 15) is 22.8 Å². The van der Waals surface area contributed by atoms with Crippen LogP contribution >= 0.6 is 11.3 Å². The van der Waals surface area contributed by atoms with Crippen molar-refractivity contribution < 1.29 is 32.2 Å². The number of alkyl halides is 3. The van der Waals surface area contributed by atoms with Crippen LogP contribution in [0.25, 0.3) is 0 Å². The number of rotatable bonds is 10. The van der Waals surface area contributed by atoms with Gasteiger partial charge in [-0.3, -0.25) is 9.59 Å². The minimum Gasteiger partial charge on any atom is -0.484 e. The second-order valence-corrected chi connectivity index (χ2v) is 7.14. The van der Waals surface area contributed by atoms with Gasteiger partial charge in [-0.1, -0.05) is 13.8 Å². The number of thiazole rings is 1. The van der Waals surface area contributed by atoms with E-state index in [1.807, 2.05) is 13.8 Å². The molecule has 0 aliphatic carbocycles. The fourth-order valence-electron chi connectivity index (χ4n) is 2.36. The molecule has 2 amide bonds. The van der Waals surface area contributed by atoms with E-state index in [0.29, 0.717) is 10.7 Å². The van der Waals surface area contributed by atoms with Gasteiger partial charge in [-0.05, 0) is 37.1 Å². The summed E-state index contributed by atoms with van der Waals surface area (Å²) in [4.78, 5) is 28.2. The first-order valence-corrected chi connectivity index (χ1v) is 10.1. The lowest BCUT2D eigenvalue weighted by Crippen LogP contribution is -2.34. The van der Waals surface area contributed by atoms with Crippen LogP contribution in [0.4, 0.5) is 13.2 Å². The van der Waals surface area contributed by atoms with E-state index in [0.717, 1.165) is 25.0 Å². The van der Waals surface area contributed by atoms with Crippen molar-refractivity contribution in [3.05, 3.63) is 40.3 Å². The first kappa shape index (κ1) is 23.5. The van der Waals surface area contributed by atoms with Gasteiger partial charge in [-0.15, -0.1) is 24.5 Å². The molecular formula is C19H22F3N3O4S. The van der Waals surface area contributed by atoms with E-state index in [2.05, 4.69) is 20.4 Å². The summed E-state index contributed by atoms with van der Waals surface area (Å²) >= 11 is 1.25. The third-order valence-corrected chi connectivity index (χ3v) is 4.82. The number of amides is 2. The number of carbonyl (C=O) groups excluding carboxylic acids is 2. The smallest absolute Gasteiger partial charge is 0.484 e. The summed E-state index contributed by atoms with van der Waals surface area (Å²) in [5.41, 5.74) is 0.300. The Morgan fingerprint density at radius 1 is 1.13 bits per heavy atom. The minimum absolute atomic E-state index is 0.0913. The molecule has 0 fully saturated rings. The van der Waals surface area contributed by atoms with E-state index in [1.54, 1.807) is 5.38 Å². The van der Waals surface area contributed by atoms with Crippen molar-refractivity contribution in [3.63, 3.8) is 0 Å². The number of benzene rings is 1. The maximum Gasteiger partial charge on any atom is 0.573 e. The zero-order chi connectivity index (χ0) is 22.1. The lowest BCUT2D eigenvalue weighted by Gasteiger charge is -2.13. The van der Waals surface area contributed by atoms with E-state index in [-0.39, 0.29) is 36.6 Å². The normalized spacial score (nSPS) is 11.3. The lowest BCUT2D eigenvalue weighted by molar-refractivity contribution is -0.274. The molecule has 2 aromatic rings. The van der Waals surface area contributed by atoms with Crippen molar-refractivity contribution in [1.82, 2.24) is 15.6 Å². The molecule has 0 aliphatic rings. The largest absolute Gasteiger partial charge is 0.573 e. The van der Waals surface area contributed by atoms with Gasteiger partial charge in [0.05, 0.1) is 6.54 Å². The van der Waals surface area contributed by atoms with Gasteiger partial charge < -0.3 is 20.1 Å². The number of hydrogen-bond donors (Lipinski definition) is 2. The van der Waals surface area contributed by atoms with Crippen molar-refractivity contribution in [1.29, 1.82) is 0 Å². The first-order chi connectivity index (χ1) is 14.2. The Morgan fingerprint density at radius 2 is 1.77 bits per heavy atom. The monoisotopic (exact) mass is 445 g/mol. The second kappa shape index (κ2) is 10.8. The Morgan fingerprint density at radius 3 is 2.37 bits per heavy atom. The summed E-state index contributed by atoms with van der Waals surface area (Å²) in [6.45, 7) is 3.78. The first-order valence-electron chi connectivity index (χ1n) is 9.20. The predicted molar refractivity (Wildman–Crippen MR) is 104 cm³/mol. The molecule has 2 N–H and O–H groups in total. The zero-order valence-corrected chi connectivity index (χ0v) is 17.2. The molecule has 0 bridgehead atoms. The van der Waals surface area contributed by atoms with Crippen molar-refractivity contribution in [2.75, 3.05) is 6.61 Å². The number of hydrogen-bond acceptors (Lipinski definition) is 6. The highest BCUT2D eigenvalue weighted by Gasteiger charge is 2.31. The van der Waals surface area contributed by atoms with Crippen LogP contribution in [0.3, 0.4) is 0 Å². The summed E-state index contributed by atoms with van der Waals surface area (Å²) in [6.07, 6.45) is -3.12. The van der Waals surface area contributed by atoms with E-state index in [1.165, 1.54) is 23.5 Å². The van der Waals surface area contributed by atoms with Gasteiger partial charge in [0.25, 0.3) is 11.8 Å². The number of halogens is 3. The summed E-state index contributed by atoms with van der Waals surface area (Å²) in [5, 5.41) is 7.69. The maximum absolute atomic E-state index is 12.1. The predicted octanol–water partition coefficient (Wildman–Crippen LogP) is 3.66. The Balaban J connectivity index is 1.76. The minimum atomic E-state index is -4.77. The lowest BCUT2D eigenvalue weighted by atomic mass is 10.2. The molecule has 0 atom stereocenters. The Kier molecular flexibility index (Phi) is 8.46. The van der Waals surface area contributed by atoms with Gasteiger partial charge in [0, 0.05) is 11.4 Å². The number of nitrogens with zero attached hydrogens (tertiary/aromatic N) is 1. The molecule has 164 valence electrons. The average molecular weight is 445 g/mol. The summed E-state index contributed by atoms with van der Waals surface area (Å²) in [5.74, 6) is -0.857. The molecule has 0 saturated carbocycles. The average Bonchev–Trinajstić information content (AvgIpc) is 3.18. The second-order valence-electron chi connectivity index (χ2n) is 6.20. The maximum atomic E-state index is 12.1. The van der Waals surface area contributed by atoms with Crippen LogP contribution in [0.5, 0.6) is 11.5 Å². The van der Waals surface area contributed by atoms with Crippen molar-refractivity contribution >= 4 is 23.2 Å². The molecule has 11 heteroatoms. The summed E-state index contributed by atoms with van der Waals surface area (Å²) in [7, 11) is 0. The Labute approximate surface area is 175 Å². The van der Waals surface area contributed by atoms with Gasteiger partial charge in [0.15, 0.2) is 6.61 Å². The quantitative estimate of drug-likeness (QED) is 0.583. The van der Waals surface area contributed by atoms with Crippen molar-refractivity contribution in [2.45, 2.75) is 45.6 Å². The van der Waals surface area contributed by atoms with Crippen molar-refractivity contribution in [2.24, 2.45) is 0 Å². The van der Waals surface area contributed by atoms with Gasteiger partial charge in [-0.25, -0.2) is 4.98 Å². The van der Waals surface area contributed by atoms with Crippen molar-refractivity contribution in [3.8, 4) is 11.5 Å². The fraction of sp³-hybridized carbons (Fsp3) is 0.421. The van der Waals surface area contributed by atoms with E-state index in [4.69, 9.17) is 4.74 Å². The SMILES string of the molecule is CCC(CC)NC(=O)c1csc(CNC(=O)COc2ccc(OC(F)(F)F)cc2)n1. The molecule has 1 heterocycles. The Hall–Kier alpha value is -2.82. The van der Waals surface area contributed by atoms with Gasteiger partial charge in [0.1, 0.15) is 22.2 Å². The number of carbonyl (C=O) groups is 2. The van der Waals surface area contributed by atoms with Crippen LogP contribution in [0, 0.1) is 0 Å². The van der Waals surface area contributed by atoms with Crippen LogP contribution in [0.1, 0.15) is 42.2 Å². The van der Waals surface area contributed by atoms with Crippen LogP contribution in [0.2, 0.25) is 0 Å². The highest BCUT2D eigenvalue weighted by atomic mass is 32.1. The van der Waals surface area contributed by atoms with Crippen LogP contribution in [-0.4, -0.2) is 35.8 Å². The highest BCUT2D eigenvalue weighted by molar-refractivity contribution is 7.09. The molecule has 0 unspecified atom stereocenters. The summed E-state index contributed by atoms with van der Waals surface area (Å²) in [6, 6.07) is 4.79. The van der Waals surface area contributed by atoms with Crippen LogP contribution in [-0.2, 0) is 11.3 Å². The Bertz CT molecular complexity index is 836. The zero-order valence-electron chi connectivity index (χ0n) is 16.4. The number of nitrogens with one attached hydrogen (secondary N) is 2. The molecule has 0 radical (unpaired) electrons. The topological polar surface area (TPSA) is 89.6 Å². The van der Waals surface area contributed by atoms with Crippen LogP contribution in [0.15, 0.2) is 29.6 Å². The van der Waals surface area contributed by atoms with E-state index < -0.39 is 12.3 Å². The number of ether oxygens (including phenoxy) is 2. The third-order valence-electron chi connectivity index (χ3n) is 3.97. The molecule has 0 aliphatic heterocycles. The molecule has 1 aromatic heterocycles. The fourth-order valence-corrected chi connectivity index (χ4v) is 3.07. The third kappa shape index (κ3) is 7.90. The number of aromatic nitrogens is 1. The standard InChI is InChI=1S/C19H22F3N3O4S/c1-3-12(4-2)24-18(27)15-11-30-17(25-15)9-23-16(26)10-28-13-5-7-14(8-6-13)29-19(20,21)22/h5-8,11-12H,3-4,9-10H2,1-2H3,(H,23,26)(H,24,27). The van der Waals surface area contributed by atoms with Gasteiger partial charge >= 0.3 is 6.36 Å². The molecule has 30 heavy (non-hydrogen) atoms.